The molecule has 1 saturated heterocycles. The molecule has 1 aromatic carbocycles. The van der Waals surface area contributed by atoms with E-state index in [9.17, 15) is 8.42 Å². The highest BCUT2D eigenvalue weighted by Crippen LogP contribution is 2.38. The molecule has 104 valence electrons. The highest BCUT2D eigenvalue weighted by atomic mass is 35.5. The van der Waals surface area contributed by atoms with Crippen molar-refractivity contribution in [3.63, 3.8) is 0 Å². The second kappa shape index (κ2) is 5.08. The Morgan fingerprint density at radius 3 is 2.05 bits per heavy atom. The van der Waals surface area contributed by atoms with E-state index in [-0.39, 0.29) is 0 Å². The van der Waals surface area contributed by atoms with Crippen LogP contribution >= 0.6 is 11.6 Å². The molecule has 1 heterocycles. The topological polar surface area (TPSA) is 37.4 Å². The van der Waals surface area contributed by atoms with Crippen LogP contribution in [0.1, 0.15) is 25.7 Å². The van der Waals surface area contributed by atoms with Crippen LogP contribution in [-0.4, -0.2) is 25.8 Å². The third-order valence-electron chi connectivity index (χ3n) is 4.39. The van der Waals surface area contributed by atoms with E-state index in [1.54, 1.807) is 28.6 Å². The summed E-state index contributed by atoms with van der Waals surface area (Å²) in [5, 5.41) is 0.564. The smallest absolute Gasteiger partial charge is 0.207 e. The summed E-state index contributed by atoms with van der Waals surface area (Å²) in [5.41, 5.74) is 0. The summed E-state index contributed by atoms with van der Waals surface area (Å²) in [5.74, 6) is 1.13. The van der Waals surface area contributed by atoms with E-state index in [0.717, 1.165) is 0 Å². The lowest BCUT2D eigenvalue weighted by Gasteiger charge is -2.22. The largest absolute Gasteiger partial charge is 0.243 e. The molecule has 1 aliphatic carbocycles. The van der Waals surface area contributed by atoms with Crippen molar-refractivity contribution in [3.8, 4) is 0 Å². The first-order valence-electron chi connectivity index (χ1n) is 6.83. The van der Waals surface area contributed by atoms with Gasteiger partial charge in [0.25, 0.3) is 0 Å². The SMILES string of the molecule is O=S(=O)(c1ccc(Cl)cc1)N1CC2CCCCC2C1. The first-order valence-corrected chi connectivity index (χ1v) is 8.65. The molecule has 2 atom stereocenters. The molecule has 0 amide bonds. The molecule has 0 spiro atoms. The van der Waals surface area contributed by atoms with Gasteiger partial charge in [-0.05, 0) is 48.9 Å². The van der Waals surface area contributed by atoms with Crippen LogP contribution < -0.4 is 0 Å². The van der Waals surface area contributed by atoms with Gasteiger partial charge in [0.15, 0.2) is 0 Å². The third kappa shape index (κ3) is 2.54. The molecule has 0 N–H and O–H groups in total. The Balaban J connectivity index is 1.83. The standard InChI is InChI=1S/C14H18ClNO2S/c15-13-5-7-14(8-6-13)19(17,18)16-9-11-3-1-2-4-12(11)10-16/h5-8,11-12H,1-4,9-10H2. The summed E-state index contributed by atoms with van der Waals surface area (Å²) in [6.07, 6.45) is 4.85. The predicted molar refractivity (Wildman–Crippen MR) is 75.7 cm³/mol. The Kier molecular flexibility index (Phi) is 3.58. The van der Waals surface area contributed by atoms with Gasteiger partial charge in [0.05, 0.1) is 4.90 Å². The zero-order valence-electron chi connectivity index (χ0n) is 10.8. The second-order valence-electron chi connectivity index (χ2n) is 5.58. The number of nitrogens with zero attached hydrogens (tertiary/aromatic N) is 1. The summed E-state index contributed by atoms with van der Waals surface area (Å²) < 4.78 is 26.8. The molecule has 1 aliphatic heterocycles. The molecule has 3 rings (SSSR count). The Labute approximate surface area is 119 Å². The van der Waals surface area contributed by atoms with Crippen LogP contribution in [0.3, 0.4) is 0 Å². The summed E-state index contributed by atoms with van der Waals surface area (Å²) >= 11 is 5.81. The van der Waals surface area contributed by atoms with E-state index in [1.807, 2.05) is 0 Å². The molecule has 3 nitrogen and oxygen atoms in total. The fraction of sp³-hybridized carbons (Fsp3) is 0.571. The van der Waals surface area contributed by atoms with Gasteiger partial charge in [-0.25, -0.2) is 8.42 Å². The molecule has 2 unspecified atom stereocenters. The number of rotatable bonds is 2. The highest BCUT2D eigenvalue weighted by Gasteiger charge is 2.39. The molecule has 19 heavy (non-hydrogen) atoms. The summed E-state index contributed by atoms with van der Waals surface area (Å²) in [6, 6.07) is 6.47. The Morgan fingerprint density at radius 2 is 1.53 bits per heavy atom. The van der Waals surface area contributed by atoms with E-state index in [0.29, 0.717) is 34.8 Å². The maximum atomic E-state index is 12.6. The summed E-state index contributed by atoms with van der Waals surface area (Å²) in [4.78, 5) is 0.357. The number of fused-ring (bicyclic) bond motifs is 1. The summed E-state index contributed by atoms with van der Waals surface area (Å²) in [7, 11) is -3.34. The van der Waals surface area contributed by atoms with Gasteiger partial charge in [-0.1, -0.05) is 24.4 Å². The average Bonchev–Trinajstić information content (AvgIpc) is 2.83. The van der Waals surface area contributed by atoms with Gasteiger partial charge >= 0.3 is 0 Å². The predicted octanol–water partition coefficient (Wildman–Crippen LogP) is 3.15. The molecular weight excluding hydrogens is 282 g/mol. The van der Waals surface area contributed by atoms with Crippen LogP contribution in [-0.2, 0) is 10.0 Å². The zero-order valence-corrected chi connectivity index (χ0v) is 12.3. The third-order valence-corrected chi connectivity index (χ3v) is 6.49. The van der Waals surface area contributed by atoms with Crippen molar-refractivity contribution in [1.82, 2.24) is 4.31 Å². The first kappa shape index (κ1) is 13.4. The highest BCUT2D eigenvalue weighted by molar-refractivity contribution is 7.89. The van der Waals surface area contributed by atoms with Gasteiger partial charge in [0.2, 0.25) is 10.0 Å². The van der Waals surface area contributed by atoms with Crippen molar-refractivity contribution in [2.75, 3.05) is 13.1 Å². The fourth-order valence-electron chi connectivity index (χ4n) is 3.31. The quantitative estimate of drug-likeness (QED) is 0.841. The van der Waals surface area contributed by atoms with Crippen molar-refractivity contribution < 1.29 is 8.42 Å². The van der Waals surface area contributed by atoms with Gasteiger partial charge in [0.1, 0.15) is 0 Å². The van der Waals surface area contributed by atoms with E-state index in [4.69, 9.17) is 11.6 Å². The molecule has 2 fully saturated rings. The monoisotopic (exact) mass is 299 g/mol. The van der Waals surface area contributed by atoms with E-state index < -0.39 is 10.0 Å². The Morgan fingerprint density at radius 1 is 1.00 bits per heavy atom. The Hall–Kier alpha value is -0.580. The van der Waals surface area contributed by atoms with Gasteiger partial charge in [-0.3, -0.25) is 0 Å². The lowest BCUT2D eigenvalue weighted by atomic mass is 9.82. The molecule has 2 aliphatic rings. The lowest BCUT2D eigenvalue weighted by Crippen LogP contribution is -2.29. The van der Waals surface area contributed by atoms with Gasteiger partial charge < -0.3 is 0 Å². The van der Waals surface area contributed by atoms with Crippen molar-refractivity contribution in [1.29, 1.82) is 0 Å². The molecular formula is C14H18ClNO2S. The number of hydrogen-bond donors (Lipinski definition) is 0. The molecule has 0 radical (unpaired) electrons. The van der Waals surface area contributed by atoms with Crippen LogP contribution in [0.15, 0.2) is 29.2 Å². The minimum absolute atomic E-state index is 0.357. The Bertz CT molecular complexity index is 541. The van der Waals surface area contributed by atoms with Crippen LogP contribution in [0.25, 0.3) is 0 Å². The van der Waals surface area contributed by atoms with Crippen LogP contribution in [0.2, 0.25) is 5.02 Å². The van der Waals surface area contributed by atoms with Crippen molar-refractivity contribution in [2.24, 2.45) is 11.8 Å². The first-order chi connectivity index (χ1) is 9.07. The molecule has 1 aromatic rings. The molecule has 1 saturated carbocycles. The number of hydrogen-bond acceptors (Lipinski definition) is 2. The average molecular weight is 300 g/mol. The summed E-state index contributed by atoms with van der Waals surface area (Å²) in [6.45, 7) is 1.38. The van der Waals surface area contributed by atoms with Crippen LogP contribution in [0, 0.1) is 11.8 Å². The van der Waals surface area contributed by atoms with Crippen LogP contribution in [0.5, 0.6) is 0 Å². The number of benzene rings is 1. The maximum Gasteiger partial charge on any atom is 0.243 e. The van der Waals surface area contributed by atoms with Crippen LogP contribution in [0.4, 0.5) is 0 Å². The molecule has 0 bridgehead atoms. The maximum absolute atomic E-state index is 12.6. The van der Waals surface area contributed by atoms with Crippen molar-refractivity contribution in [3.05, 3.63) is 29.3 Å². The minimum atomic E-state index is -3.34. The molecule has 5 heteroatoms. The normalized spacial score (nSPS) is 28.3. The van der Waals surface area contributed by atoms with E-state index in [2.05, 4.69) is 0 Å². The fourth-order valence-corrected chi connectivity index (χ4v) is 4.99. The van der Waals surface area contributed by atoms with E-state index in [1.165, 1.54) is 25.7 Å². The van der Waals surface area contributed by atoms with Gasteiger partial charge in [-0.2, -0.15) is 4.31 Å². The minimum Gasteiger partial charge on any atom is -0.207 e. The zero-order chi connectivity index (χ0) is 13.5. The second-order valence-corrected chi connectivity index (χ2v) is 7.95. The number of halogens is 1. The van der Waals surface area contributed by atoms with Crippen molar-refractivity contribution in [2.45, 2.75) is 30.6 Å². The number of sulfonamides is 1. The van der Waals surface area contributed by atoms with E-state index >= 15 is 0 Å². The van der Waals surface area contributed by atoms with Gasteiger partial charge in [0, 0.05) is 18.1 Å². The molecule has 0 aromatic heterocycles. The lowest BCUT2D eigenvalue weighted by molar-refractivity contribution is 0.299. The van der Waals surface area contributed by atoms with Gasteiger partial charge in [-0.15, -0.1) is 0 Å². The van der Waals surface area contributed by atoms with Crippen molar-refractivity contribution >= 4 is 21.6 Å².